The molecule has 0 spiro atoms. The molecule has 190 valence electrons. The minimum Gasteiger partial charge on any atom is -0.287 e. The van der Waals surface area contributed by atoms with E-state index >= 15 is 0 Å². The molecule has 0 atom stereocenters. The molecule has 0 N–H and O–H groups in total. The fraction of sp³-hybridized carbons (Fsp3) is 0.429. The Morgan fingerprint density at radius 1 is 0.889 bits per heavy atom. The van der Waals surface area contributed by atoms with Crippen molar-refractivity contribution < 1.29 is 9.72 Å². The van der Waals surface area contributed by atoms with Crippen LogP contribution in [0.3, 0.4) is 0 Å². The van der Waals surface area contributed by atoms with Gasteiger partial charge in [0, 0.05) is 17.0 Å². The fourth-order valence-electron chi connectivity index (χ4n) is 5.15. The van der Waals surface area contributed by atoms with Gasteiger partial charge in [-0.2, -0.15) is 0 Å². The highest BCUT2D eigenvalue weighted by Crippen LogP contribution is 2.56. The van der Waals surface area contributed by atoms with Gasteiger partial charge in [0.15, 0.2) is 0 Å². The zero-order valence-corrected chi connectivity index (χ0v) is 22.2. The largest absolute Gasteiger partial charge is 0.287 e. The smallest absolute Gasteiger partial charge is 0.282 e. The summed E-state index contributed by atoms with van der Waals surface area (Å²) in [6, 6.07) is 11.6. The quantitative estimate of drug-likeness (QED) is 0.117. The first-order chi connectivity index (χ1) is 17.4. The summed E-state index contributed by atoms with van der Waals surface area (Å²) in [6.07, 6.45) is 9.22. The lowest BCUT2D eigenvalue weighted by atomic mass is 10.0. The van der Waals surface area contributed by atoms with Gasteiger partial charge >= 0.3 is 0 Å². The van der Waals surface area contributed by atoms with Gasteiger partial charge in [-0.15, -0.1) is 0 Å². The maximum absolute atomic E-state index is 14.0. The molecule has 7 nitrogen and oxygen atoms in total. The molecule has 36 heavy (non-hydrogen) atoms. The summed E-state index contributed by atoms with van der Waals surface area (Å²) >= 11 is 0. The molecule has 1 aliphatic rings. The van der Waals surface area contributed by atoms with Crippen molar-refractivity contribution in [2.45, 2.75) is 59.3 Å². The van der Waals surface area contributed by atoms with E-state index in [1.165, 1.54) is 10.6 Å². The second kappa shape index (κ2) is 10.9. The molecule has 0 radical (unpaired) electrons. The van der Waals surface area contributed by atoms with Gasteiger partial charge in [0.05, 0.1) is 16.1 Å². The highest BCUT2D eigenvalue weighted by Gasteiger charge is 2.37. The van der Waals surface area contributed by atoms with Crippen LogP contribution < -0.4 is 5.43 Å². The third kappa shape index (κ3) is 4.57. The number of para-hydroxylation sites is 1. The van der Waals surface area contributed by atoms with Crippen molar-refractivity contribution in [3.8, 4) is 11.3 Å². The average molecular weight is 508 g/mol. The maximum atomic E-state index is 14.0. The van der Waals surface area contributed by atoms with Crippen molar-refractivity contribution in [2.24, 2.45) is 4.74 Å². The minimum absolute atomic E-state index is 0.0364. The molecule has 0 unspecified atom stereocenters. The van der Waals surface area contributed by atoms with E-state index in [2.05, 4.69) is 20.8 Å². The fourth-order valence-corrected chi connectivity index (χ4v) is 9.45. The van der Waals surface area contributed by atoms with Gasteiger partial charge in [-0.1, -0.05) is 64.3 Å². The summed E-state index contributed by atoms with van der Waals surface area (Å²) in [5, 5.41) is 12.2. The summed E-state index contributed by atoms with van der Waals surface area (Å²) in [5.41, 5.74) is 1.20. The van der Waals surface area contributed by atoms with E-state index in [-0.39, 0.29) is 16.7 Å². The van der Waals surface area contributed by atoms with Crippen LogP contribution in [0.2, 0.25) is 0 Å². The molecule has 8 heteroatoms. The highest BCUT2D eigenvalue weighted by atomic mass is 31.2. The van der Waals surface area contributed by atoms with Gasteiger partial charge in [-0.05, 0) is 56.9 Å². The first-order valence-corrected chi connectivity index (χ1v) is 15.3. The molecule has 0 aliphatic carbocycles. The zero-order valence-electron chi connectivity index (χ0n) is 21.3. The summed E-state index contributed by atoms with van der Waals surface area (Å²) in [4.78, 5) is 39.0. The number of rotatable bonds is 11. The van der Waals surface area contributed by atoms with Crippen molar-refractivity contribution in [1.29, 1.82) is 0 Å². The first kappa shape index (κ1) is 26.0. The van der Waals surface area contributed by atoms with Crippen molar-refractivity contribution >= 4 is 35.2 Å². The Balaban J connectivity index is 2.13. The Morgan fingerprint density at radius 3 is 2.08 bits per heavy atom. The number of nitro groups is 1. The van der Waals surface area contributed by atoms with E-state index < -0.39 is 17.9 Å². The average Bonchev–Trinajstić information content (AvgIpc) is 3.19. The summed E-state index contributed by atoms with van der Waals surface area (Å²) in [6.45, 7) is 6.51. The first-order valence-electron chi connectivity index (χ1n) is 13.0. The van der Waals surface area contributed by atoms with Crippen LogP contribution in [0.15, 0.2) is 52.0 Å². The molecular formula is C28H34N3O4P. The van der Waals surface area contributed by atoms with Gasteiger partial charge < -0.3 is 0 Å². The monoisotopic (exact) mass is 507 g/mol. The summed E-state index contributed by atoms with van der Waals surface area (Å²) < 4.78 is 6.87. The van der Waals surface area contributed by atoms with Crippen LogP contribution in [0.1, 0.15) is 69.7 Å². The van der Waals surface area contributed by atoms with Crippen molar-refractivity contribution in [1.82, 2.24) is 4.57 Å². The number of pyridine rings is 1. The van der Waals surface area contributed by atoms with Crippen LogP contribution in [-0.2, 0) is 0 Å². The normalized spacial score (nSPS) is 12.6. The number of fused-ring (bicyclic) bond motifs is 5. The standard InChI is InChI=1S/C28H34N3O4P/c1-4-7-17-36(18-8-5-2,19-9-6-3)29-25-26-21-14-12-16-23(31(34)35)24(21)28(33)30(26)22-15-11-10-13-20(22)27(25)32/h10-16H,4-9,17-19H2,1-3H3. The van der Waals surface area contributed by atoms with Gasteiger partial charge in [-0.3, -0.25) is 29.0 Å². The van der Waals surface area contributed by atoms with Crippen LogP contribution in [0, 0.1) is 10.1 Å². The van der Waals surface area contributed by atoms with Crippen LogP contribution in [-0.4, -0.2) is 33.9 Å². The number of benzene rings is 2. The van der Waals surface area contributed by atoms with Gasteiger partial charge in [0.1, 0.15) is 11.3 Å². The Kier molecular flexibility index (Phi) is 7.89. The van der Waals surface area contributed by atoms with Crippen LogP contribution >= 0.6 is 7.05 Å². The third-order valence-corrected chi connectivity index (χ3v) is 11.1. The molecule has 0 saturated carbocycles. The molecule has 3 aromatic rings. The highest BCUT2D eigenvalue weighted by molar-refractivity contribution is 7.66. The number of carbonyl (C=O) groups excluding carboxylic acids is 1. The number of hydrogen-bond acceptors (Lipinski definition) is 5. The van der Waals surface area contributed by atoms with E-state index in [4.69, 9.17) is 4.74 Å². The summed E-state index contributed by atoms with van der Waals surface area (Å²) in [7, 11) is -1.90. The van der Waals surface area contributed by atoms with E-state index in [1.807, 2.05) is 0 Å². The number of unbranched alkanes of at least 4 members (excludes halogenated alkanes) is 3. The predicted octanol–water partition coefficient (Wildman–Crippen LogP) is 7.81. The Morgan fingerprint density at radius 2 is 1.50 bits per heavy atom. The Bertz CT molecular complexity index is 1410. The molecule has 0 saturated heterocycles. The van der Waals surface area contributed by atoms with Crippen molar-refractivity contribution in [2.75, 3.05) is 18.5 Å². The zero-order chi connectivity index (χ0) is 25.9. The molecule has 2 heterocycles. The molecular weight excluding hydrogens is 473 g/mol. The Hall–Kier alpha value is -3.05. The van der Waals surface area contributed by atoms with E-state index in [9.17, 15) is 19.7 Å². The molecule has 0 amide bonds. The maximum Gasteiger partial charge on any atom is 0.282 e. The molecule has 0 bridgehead atoms. The van der Waals surface area contributed by atoms with E-state index in [0.29, 0.717) is 27.8 Å². The molecule has 1 aliphatic heterocycles. The molecule has 2 aromatic carbocycles. The number of hydrogen-bond donors (Lipinski definition) is 0. The number of aromatic nitrogens is 1. The number of nitrogens with zero attached hydrogens (tertiary/aromatic N) is 3. The third-order valence-electron chi connectivity index (χ3n) is 7.06. The van der Waals surface area contributed by atoms with Crippen molar-refractivity contribution in [3.05, 3.63) is 68.4 Å². The SMILES string of the molecule is CCCCP(CCCC)(CCCC)=Nc1c2n(c3ccccc3c1=O)C(=O)c1c-2cccc1[N+](=O)[O-]. The lowest BCUT2D eigenvalue weighted by Crippen LogP contribution is -2.15. The van der Waals surface area contributed by atoms with E-state index in [1.54, 1.807) is 36.4 Å². The van der Waals surface area contributed by atoms with Gasteiger partial charge in [0.25, 0.3) is 11.6 Å². The second-order valence-corrected chi connectivity index (χ2v) is 13.3. The number of nitro benzene ring substituents is 1. The molecule has 4 rings (SSSR count). The van der Waals surface area contributed by atoms with Gasteiger partial charge in [-0.25, -0.2) is 0 Å². The van der Waals surface area contributed by atoms with Crippen LogP contribution in [0.5, 0.6) is 0 Å². The molecule has 0 fully saturated rings. The minimum atomic E-state index is -1.90. The summed E-state index contributed by atoms with van der Waals surface area (Å²) in [5.74, 6) is -0.473. The second-order valence-electron chi connectivity index (χ2n) is 9.57. The molecule has 1 aromatic heterocycles. The van der Waals surface area contributed by atoms with Crippen molar-refractivity contribution in [3.63, 3.8) is 0 Å². The predicted molar refractivity (Wildman–Crippen MR) is 148 cm³/mol. The van der Waals surface area contributed by atoms with Crippen LogP contribution in [0.25, 0.3) is 22.2 Å². The van der Waals surface area contributed by atoms with Gasteiger partial charge in [0.2, 0.25) is 5.43 Å². The van der Waals surface area contributed by atoms with Crippen LogP contribution in [0.4, 0.5) is 11.4 Å². The topological polar surface area (TPSA) is 94.6 Å². The van der Waals surface area contributed by atoms with E-state index in [0.717, 1.165) is 57.0 Å². The lowest BCUT2D eigenvalue weighted by molar-refractivity contribution is -0.385. The number of carbonyl (C=O) groups is 1. The Labute approximate surface area is 211 Å². The lowest BCUT2D eigenvalue weighted by Gasteiger charge is -2.26.